The second-order valence-electron chi connectivity index (χ2n) is 4.66. The average Bonchev–Trinajstić information content (AvgIpc) is 2.62. The summed E-state index contributed by atoms with van der Waals surface area (Å²) in [7, 11) is 0. The van der Waals surface area contributed by atoms with Gasteiger partial charge in [-0.15, -0.1) is 11.3 Å². The number of carbonyl (C=O) groups is 1. The van der Waals surface area contributed by atoms with Gasteiger partial charge in [0.1, 0.15) is 0 Å². The standard InChI is InChI=1S/C12H17NO2S/c14-11(15)12(5-3-1-2-4-6-12)7-10-8-16-9-13-10/h8-9H,1-7H2,(H,14,15). The Morgan fingerprint density at radius 2 is 2.06 bits per heavy atom. The molecule has 2 rings (SSSR count). The number of rotatable bonds is 3. The van der Waals surface area contributed by atoms with E-state index in [1.165, 1.54) is 24.2 Å². The van der Waals surface area contributed by atoms with Crippen LogP contribution >= 0.6 is 11.3 Å². The van der Waals surface area contributed by atoms with Crippen LogP contribution in [-0.4, -0.2) is 16.1 Å². The van der Waals surface area contributed by atoms with E-state index in [9.17, 15) is 9.90 Å². The van der Waals surface area contributed by atoms with Crippen molar-refractivity contribution < 1.29 is 9.90 Å². The maximum atomic E-state index is 11.5. The van der Waals surface area contributed by atoms with E-state index in [-0.39, 0.29) is 0 Å². The zero-order chi connectivity index (χ0) is 11.4. The third-order valence-corrected chi connectivity index (χ3v) is 4.15. The Balaban J connectivity index is 2.17. The van der Waals surface area contributed by atoms with Gasteiger partial charge in [-0.2, -0.15) is 0 Å². The molecule has 1 aliphatic carbocycles. The lowest BCUT2D eigenvalue weighted by molar-refractivity contribution is -0.149. The van der Waals surface area contributed by atoms with Crippen LogP contribution in [0.5, 0.6) is 0 Å². The highest BCUT2D eigenvalue weighted by Gasteiger charge is 2.39. The quantitative estimate of drug-likeness (QED) is 0.824. The molecule has 0 aliphatic heterocycles. The highest BCUT2D eigenvalue weighted by Crippen LogP contribution is 2.38. The maximum absolute atomic E-state index is 11.5. The van der Waals surface area contributed by atoms with Crippen molar-refractivity contribution in [1.82, 2.24) is 4.98 Å². The van der Waals surface area contributed by atoms with Gasteiger partial charge in [0.05, 0.1) is 16.6 Å². The molecule has 0 bridgehead atoms. The van der Waals surface area contributed by atoms with E-state index >= 15 is 0 Å². The Kier molecular flexibility index (Phi) is 3.59. The lowest BCUT2D eigenvalue weighted by Crippen LogP contribution is -2.33. The molecule has 1 N–H and O–H groups in total. The second kappa shape index (κ2) is 4.95. The van der Waals surface area contributed by atoms with Crippen LogP contribution in [0.25, 0.3) is 0 Å². The topological polar surface area (TPSA) is 50.2 Å². The molecule has 1 saturated carbocycles. The first-order valence-corrected chi connectivity index (χ1v) is 6.78. The van der Waals surface area contributed by atoms with E-state index in [1.807, 2.05) is 5.38 Å². The third kappa shape index (κ3) is 2.43. The minimum Gasteiger partial charge on any atom is -0.481 e. The Labute approximate surface area is 99.5 Å². The van der Waals surface area contributed by atoms with Crippen molar-refractivity contribution in [2.24, 2.45) is 5.41 Å². The molecule has 0 atom stereocenters. The van der Waals surface area contributed by atoms with E-state index in [2.05, 4.69) is 4.98 Å². The first-order valence-electron chi connectivity index (χ1n) is 5.83. The number of hydrogen-bond donors (Lipinski definition) is 1. The molecular weight excluding hydrogens is 222 g/mol. The second-order valence-corrected chi connectivity index (χ2v) is 5.37. The summed E-state index contributed by atoms with van der Waals surface area (Å²) in [5, 5.41) is 11.5. The summed E-state index contributed by atoms with van der Waals surface area (Å²) in [5.74, 6) is -0.637. The molecule has 0 spiro atoms. The Bertz CT molecular complexity index is 340. The van der Waals surface area contributed by atoms with Gasteiger partial charge in [0.15, 0.2) is 0 Å². The van der Waals surface area contributed by atoms with Crippen molar-refractivity contribution in [3.05, 3.63) is 16.6 Å². The van der Waals surface area contributed by atoms with Crippen molar-refractivity contribution in [2.45, 2.75) is 44.9 Å². The fourth-order valence-electron chi connectivity index (χ4n) is 2.54. The fourth-order valence-corrected chi connectivity index (χ4v) is 3.10. The number of thiazole rings is 1. The third-order valence-electron chi connectivity index (χ3n) is 3.52. The highest BCUT2D eigenvalue weighted by molar-refractivity contribution is 7.07. The predicted molar refractivity (Wildman–Crippen MR) is 63.6 cm³/mol. The molecule has 16 heavy (non-hydrogen) atoms. The van der Waals surface area contributed by atoms with Crippen LogP contribution in [0.1, 0.15) is 44.2 Å². The van der Waals surface area contributed by atoms with Gasteiger partial charge in [-0.25, -0.2) is 4.98 Å². The van der Waals surface area contributed by atoms with Crippen LogP contribution in [0, 0.1) is 5.41 Å². The molecule has 0 amide bonds. The summed E-state index contributed by atoms with van der Waals surface area (Å²) in [4.78, 5) is 15.8. The largest absolute Gasteiger partial charge is 0.481 e. The van der Waals surface area contributed by atoms with Crippen LogP contribution in [0.2, 0.25) is 0 Å². The van der Waals surface area contributed by atoms with Gasteiger partial charge >= 0.3 is 5.97 Å². The number of nitrogens with zero attached hydrogens (tertiary/aromatic N) is 1. The fraction of sp³-hybridized carbons (Fsp3) is 0.667. The molecule has 1 aliphatic rings. The summed E-state index contributed by atoms with van der Waals surface area (Å²) >= 11 is 1.54. The van der Waals surface area contributed by atoms with Gasteiger partial charge in [0, 0.05) is 11.8 Å². The molecule has 0 radical (unpaired) electrons. The number of aromatic nitrogens is 1. The summed E-state index contributed by atoms with van der Waals surface area (Å²) in [6.45, 7) is 0. The van der Waals surface area contributed by atoms with E-state index in [4.69, 9.17) is 0 Å². The first-order chi connectivity index (χ1) is 7.73. The molecule has 0 aromatic carbocycles. The summed E-state index contributed by atoms with van der Waals surface area (Å²) in [6, 6.07) is 0. The van der Waals surface area contributed by atoms with Crippen molar-refractivity contribution in [3.63, 3.8) is 0 Å². The Hall–Kier alpha value is -0.900. The lowest BCUT2D eigenvalue weighted by Gasteiger charge is -2.27. The van der Waals surface area contributed by atoms with Crippen LogP contribution in [0.3, 0.4) is 0 Å². The van der Waals surface area contributed by atoms with Crippen LogP contribution in [-0.2, 0) is 11.2 Å². The molecule has 1 heterocycles. The predicted octanol–water partition coefficient (Wildman–Crippen LogP) is 3.11. The van der Waals surface area contributed by atoms with Crippen molar-refractivity contribution in [3.8, 4) is 0 Å². The first kappa shape index (κ1) is 11.6. The van der Waals surface area contributed by atoms with Crippen molar-refractivity contribution >= 4 is 17.3 Å². The minimum absolute atomic E-state index is 0.551. The van der Waals surface area contributed by atoms with Gasteiger partial charge in [0.25, 0.3) is 0 Å². The maximum Gasteiger partial charge on any atom is 0.310 e. The summed E-state index contributed by atoms with van der Waals surface area (Å²) < 4.78 is 0. The van der Waals surface area contributed by atoms with Gasteiger partial charge in [0.2, 0.25) is 0 Å². The molecule has 88 valence electrons. The number of aliphatic carboxylic acids is 1. The number of hydrogen-bond acceptors (Lipinski definition) is 3. The van der Waals surface area contributed by atoms with E-state index in [0.29, 0.717) is 6.42 Å². The zero-order valence-corrected chi connectivity index (χ0v) is 10.1. The number of carboxylic acids is 1. The molecule has 1 fully saturated rings. The van der Waals surface area contributed by atoms with Crippen molar-refractivity contribution in [1.29, 1.82) is 0 Å². The molecule has 3 nitrogen and oxygen atoms in total. The number of carboxylic acid groups (broad SMARTS) is 1. The van der Waals surface area contributed by atoms with Gasteiger partial charge in [-0.3, -0.25) is 4.79 Å². The summed E-state index contributed by atoms with van der Waals surface area (Å²) in [6.07, 6.45) is 6.64. The monoisotopic (exact) mass is 239 g/mol. The Morgan fingerprint density at radius 1 is 1.38 bits per heavy atom. The molecule has 0 unspecified atom stereocenters. The van der Waals surface area contributed by atoms with Gasteiger partial charge in [-0.1, -0.05) is 25.7 Å². The molecule has 1 aromatic rings. The molecule has 4 heteroatoms. The average molecular weight is 239 g/mol. The lowest BCUT2D eigenvalue weighted by atomic mass is 9.77. The van der Waals surface area contributed by atoms with E-state index < -0.39 is 11.4 Å². The zero-order valence-electron chi connectivity index (χ0n) is 9.32. The van der Waals surface area contributed by atoms with Gasteiger partial charge in [-0.05, 0) is 12.8 Å². The Morgan fingerprint density at radius 3 is 2.56 bits per heavy atom. The van der Waals surface area contributed by atoms with Crippen molar-refractivity contribution in [2.75, 3.05) is 0 Å². The van der Waals surface area contributed by atoms with Crippen LogP contribution in [0.4, 0.5) is 0 Å². The van der Waals surface area contributed by atoms with E-state index in [0.717, 1.165) is 31.4 Å². The summed E-state index contributed by atoms with van der Waals surface area (Å²) in [5.41, 5.74) is 2.17. The smallest absolute Gasteiger partial charge is 0.310 e. The molecular formula is C12H17NO2S. The minimum atomic E-state index is -0.637. The van der Waals surface area contributed by atoms with Crippen LogP contribution in [0.15, 0.2) is 10.9 Å². The van der Waals surface area contributed by atoms with Crippen LogP contribution < -0.4 is 0 Å². The SMILES string of the molecule is O=C(O)C1(Cc2cscn2)CCCCCC1. The molecule has 0 saturated heterocycles. The molecule has 1 aromatic heterocycles. The van der Waals surface area contributed by atoms with E-state index in [1.54, 1.807) is 5.51 Å². The van der Waals surface area contributed by atoms with Gasteiger partial charge < -0.3 is 5.11 Å². The highest BCUT2D eigenvalue weighted by atomic mass is 32.1. The normalized spacial score (nSPS) is 20.2.